The molecular formula is C20H17ClN2O3S. The van der Waals surface area contributed by atoms with E-state index >= 15 is 0 Å². The second-order valence-corrected chi connectivity index (χ2v) is 6.91. The van der Waals surface area contributed by atoms with Crippen LogP contribution in [0.2, 0.25) is 5.02 Å². The lowest BCUT2D eigenvalue weighted by Gasteiger charge is -2.29. The lowest BCUT2D eigenvalue weighted by atomic mass is 10.1. The minimum atomic E-state index is -0.562. The number of anilines is 1. The van der Waals surface area contributed by atoms with E-state index in [0.29, 0.717) is 22.0 Å². The van der Waals surface area contributed by atoms with Gasteiger partial charge in [-0.05, 0) is 50.3 Å². The second-order valence-electron chi connectivity index (χ2n) is 6.11. The number of halogens is 1. The van der Waals surface area contributed by atoms with Crippen LogP contribution in [-0.4, -0.2) is 23.0 Å². The number of hydrogen-bond acceptors (Lipinski definition) is 4. The fraction of sp³-hybridized carbons (Fsp3) is 0.150. The zero-order chi connectivity index (χ0) is 19.6. The summed E-state index contributed by atoms with van der Waals surface area (Å²) >= 11 is 11.4. The smallest absolute Gasteiger partial charge is 0.270 e. The number of ether oxygens (including phenoxy) is 1. The van der Waals surface area contributed by atoms with Crippen molar-refractivity contribution in [1.29, 1.82) is 0 Å². The molecule has 2 amide bonds. The molecule has 0 aliphatic carbocycles. The summed E-state index contributed by atoms with van der Waals surface area (Å²) < 4.78 is 5.76. The highest BCUT2D eigenvalue weighted by Gasteiger charge is 2.35. The summed E-state index contributed by atoms with van der Waals surface area (Å²) in [6.45, 7) is 3.81. The van der Waals surface area contributed by atoms with Crippen molar-refractivity contribution in [2.24, 2.45) is 0 Å². The van der Waals surface area contributed by atoms with Gasteiger partial charge >= 0.3 is 0 Å². The van der Waals surface area contributed by atoms with Crippen molar-refractivity contribution in [3.63, 3.8) is 0 Å². The van der Waals surface area contributed by atoms with E-state index in [-0.39, 0.29) is 16.8 Å². The van der Waals surface area contributed by atoms with Gasteiger partial charge in [0.2, 0.25) is 0 Å². The van der Waals surface area contributed by atoms with Crippen LogP contribution in [0.1, 0.15) is 19.4 Å². The van der Waals surface area contributed by atoms with Gasteiger partial charge in [0.15, 0.2) is 5.11 Å². The molecular weight excluding hydrogens is 384 g/mol. The third kappa shape index (κ3) is 4.02. The Kier molecular flexibility index (Phi) is 5.58. The van der Waals surface area contributed by atoms with Gasteiger partial charge in [-0.25, -0.2) is 0 Å². The molecule has 1 N–H and O–H groups in total. The maximum Gasteiger partial charge on any atom is 0.270 e. The van der Waals surface area contributed by atoms with Gasteiger partial charge in [0, 0.05) is 5.56 Å². The number of benzene rings is 2. The monoisotopic (exact) mass is 400 g/mol. The molecule has 27 heavy (non-hydrogen) atoms. The number of carbonyl (C=O) groups excluding carboxylic acids is 2. The van der Waals surface area contributed by atoms with Gasteiger partial charge in [0.05, 0.1) is 16.8 Å². The van der Waals surface area contributed by atoms with Crippen molar-refractivity contribution in [3.05, 3.63) is 64.7 Å². The van der Waals surface area contributed by atoms with Crippen molar-refractivity contribution in [3.8, 4) is 5.75 Å². The maximum absolute atomic E-state index is 13.0. The van der Waals surface area contributed by atoms with Crippen LogP contribution >= 0.6 is 23.8 Å². The topological polar surface area (TPSA) is 58.6 Å². The first kappa shape index (κ1) is 19.1. The van der Waals surface area contributed by atoms with Gasteiger partial charge in [0.25, 0.3) is 11.8 Å². The molecule has 0 aromatic heterocycles. The van der Waals surface area contributed by atoms with Crippen LogP contribution in [0.25, 0.3) is 6.08 Å². The van der Waals surface area contributed by atoms with Gasteiger partial charge in [-0.2, -0.15) is 0 Å². The fourth-order valence-corrected chi connectivity index (χ4v) is 3.12. The minimum Gasteiger partial charge on any atom is -0.490 e. The Labute approximate surface area is 167 Å². The van der Waals surface area contributed by atoms with Gasteiger partial charge in [-0.15, -0.1) is 0 Å². The molecule has 3 rings (SSSR count). The number of amides is 2. The van der Waals surface area contributed by atoms with E-state index in [1.165, 1.54) is 11.0 Å². The molecule has 2 aromatic carbocycles. The van der Waals surface area contributed by atoms with E-state index < -0.39 is 11.8 Å². The zero-order valence-electron chi connectivity index (χ0n) is 14.7. The fourth-order valence-electron chi connectivity index (χ4n) is 2.63. The zero-order valence-corrected chi connectivity index (χ0v) is 16.3. The first-order valence-electron chi connectivity index (χ1n) is 8.30. The summed E-state index contributed by atoms with van der Waals surface area (Å²) in [4.78, 5) is 26.7. The number of hydrogen-bond donors (Lipinski definition) is 1. The van der Waals surface area contributed by atoms with Crippen LogP contribution < -0.4 is 15.0 Å². The highest BCUT2D eigenvalue weighted by atomic mass is 35.5. The SMILES string of the molecule is CC(C)Oc1ccccc1/C=C1\C(=O)NC(=S)N(c2ccccc2Cl)C1=O. The highest BCUT2D eigenvalue weighted by molar-refractivity contribution is 7.80. The van der Waals surface area contributed by atoms with Crippen molar-refractivity contribution in [2.75, 3.05) is 4.90 Å². The lowest BCUT2D eigenvalue weighted by molar-refractivity contribution is -0.122. The van der Waals surface area contributed by atoms with Crippen molar-refractivity contribution in [2.45, 2.75) is 20.0 Å². The van der Waals surface area contributed by atoms with Gasteiger partial charge in [0.1, 0.15) is 11.3 Å². The molecule has 138 valence electrons. The minimum absolute atomic E-state index is 0.0121. The Hall–Kier alpha value is -2.70. The molecule has 7 heteroatoms. The number of rotatable bonds is 4. The quantitative estimate of drug-likeness (QED) is 0.479. The van der Waals surface area contributed by atoms with Gasteiger partial charge < -0.3 is 4.74 Å². The summed E-state index contributed by atoms with van der Waals surface area (Å²) in [5, 5.41) is 2.89. The third-order valence-electron chi connectivity index (χ3n) is 3.78. The average Bonchev–Trinajstić information content (AvgIpc) is 2.61. The molecule has 5 nitrogen and oxygen atoms in total. The summed E-state index contributed by atoms with van der Waals surface area (Å²) in [5.41, 5.74) is 0.978. The molecule has 1 fully saturated rings. The summed E-state index contributed by atoms with van der Waals surface area (Å²) in [7, 11) is 0. The van der Waals surface area contributed by atoms with Crippen LogP contribution in [0.15, 0.2) is 54.1 Å². The van der Waals surface area contributed by atoms with Gasteiger partial charge in [-0.3, -0.25) is 19.8 Å². The standard InChI is InChI=1S/C20H17ClN2O3S/c1-12(2)26-17-10-6-3-7-13(17)11-14-18(24)22-20(27)23(19(14)25)16-9-5-4-8-15(16)21/h3-12H,1-2H3,(H,22,24,27)/b14-11+. The molecule has 1 heterocycles. The predicted octanol–water partition coefficient (Wildman–Crippen LogP) is 3.96. The lowest BCUT2D eigenvalue weighted by Crippen LogP contribution is -2.54. The average molecular weight is 401 g/mol. The van der Waals surface area contributed by atoms with Crippen LogP contribution in [0.4, 0.5) is 5.69 Å². The van der Waals surface area contributed by atoms with Crippen LogP contribution in [0, 0.1) is 0 Å². The maximum atomic E-state index is 13.0. The number of thiocarbonyl (C=S) groups is 1. The number of nitrogens with one attached hydrogen (secondary N) is 1. The summed E-state index contributed by atoms with van der Waals surface area (Å²) in [6.07, 6.45) is 1.45. The molecule has 1 saturated heterocycles. The molecule has 0 saturated carbocycles. The normalized spacial score (nSPS) is 16.1. The molecule has 0 unspecified atom stereocenters. The Bertz CT molecular complexity index is 956. The van der Waals surface area contributed by atoms with Crippen LogP contribution in [0.3, 0.4) is 0 Å². The van der Waals surface area contributed by atoms with Crippen LogP contribution in [-0.2, 0) is 9.59 Å². The van der Waals surface area contributed by atoms with Crippen molar-refractivity contribution in [1.82, 2.24) is 5.32 Å². The van der Waals surface area contributed by atoms with E-state index in [1.54, 1.807) is 42.5 Å². The van der Waals surface area contributed by atoms with E-state index in [1.807, 2.05) is 19.9 Å². The Morgan fingerprint density at radius 1 is 1.11 bits per heavy atom. The summed E-state index contributed by atoms with van der Waals surface area (Å²) in [6, 6.07) is 14.0. The number of carbonyl (C=O) groups is 2. The molecule has 2 aromatic rings. The first-order chi connectivity index (χ1) is 12.9. The largest absolute Gasteiger partial charge is 0.490 e. The van der Waals surface area contributed by atoms with Crippen molar-refractivity contribution >= 4 is 52.5 Å². The first-order valence-corrected chi connectivity index (χ1v) is 9.08. The van der Waals surface area contributed by atoms with Crippen molar-refractivity contribution < 1.29 is 14.3 Å². The summed E-state index contributed by atoms with van der Waals surface area (Å²) in [5.74, 6) is -0.526. The van der Waals surface area contributed by atoms with E-state index in [9.17, 15) is 9.59 Å². The Morgan fingerprint density at radius 3 is 2.48 bits per heavy atom. The van der Waals surface area contributed by atoms with E-state index in [4.69, 9.17) is 28.6 Å². The molecule has 1 aliphatic rings. The number of nitrogens with zero attached hydrogens (tertiary/aromatic N) is 1. The molecule has 0 bridgehead atoms. The molecule has 1 aliphatic heterocycles. The number of para-hydroxylation sites is 2. The van der Waals surface area contributed by atoms with Crippen LogP contribution in [0.5, 0.6) is 5.75 Å². The van der Waals surface area contributed by atoms with E-state index in [0.717, 1.165) is 0 Å². The Balaban J connectivity index is 2.04. The molecule has 0 spiro atoms. The van der Waals surface area contributed by atoms with E-state index in [2.05, 4.69) is 5.32 Å². The van der Waals surface area contributed by atoms with Gasteiger partial charge in [-0.1, -0.05) is 41.9 Å². The molecule has 0 radical (unpaired) electrons. The Morgan fingerprint density at radius 2 is 1.78 bits per heavy atom. The second kappa shape index (κ2) is 7.90. The third-order valence-corrected chi connectivity index (χ3v) is 4.38. The predicted molar refractivity (Wildman–Crippen MR) is 110 cm³/mol. The molecule has 0 atom stereocenters. The highest BCUT2D eigenvalue weighted by Crippen LogP contribution is 2.30.